The van der Waals surface area contributed by atoms with Crippen molar-refractivity contribution in [1.82, 2.24) is 15.1 Å². The quantitative estimate of drug-likeness (QED) is 0.771. The number of nitrogens with zero attached hydrogens (tertiary/aromatic N) is 2. The van der Waals surface area contributed by atoms with Crippen LogP contribution in [0.2, 0.25) is 0 Å². The van der Waals surface area contributed by atoms with E-state index in [0.717, 1.165) is 16.3 Å². The third kappa shape index (κ3) is 2.45. The van der Waals surface area contributed by atoms with E-state index in [2.05, 4.69) is 28.6 Å². The van der Waals surface area contributed by atoms with Crippen LogP contribution in [0.4, 0.5) is 5.69 Å². The normalized spacial score (nSPS) is 10.7. The van der Waals surface area contributed by atoms with Crippen LogP contribution >= 0.6 is 0 Å². The molecule has 0 radical (unpaired) electrons. The average Bonchev–Trinajstić information content (AvgIpc) is 2.84. The Bertz CT molecular complexity index is 782. The maximum atomic E-state index is 12.2. The van der Waals surface area contributed by atoms with Crippen molar-refractivity contribution in [2.45, 2.75) is 6.54 Å². The summed E-state index contributed by atoms with van der Waals surface area (Å²) in [5.41, 5.74) is 7.60. The van der Waals surface area contributed by atoms with Gasteiger partial charge in [-0.2, -0.15) is 5.10 Å². The molecule has 5 nitrogen and oxygen atoms in total. The van der Waals surface area contributed by atoms with Gasteiger partial charge in [0.2, 0.25) is 0 Å². The molecule has 3 aromatic rings. The molecule has 0 aliphatic rings. The predicted molar refractivity (Wildman–Crippen MR) is 82.7 cm³/mol. The maximum Gasteiger partial charge on any atom is 0.271 e. The van der Waals surface area contributed by atoms with Crippen molar-refractivity contribution < 1.29 is 4.79 Å². The number of hydrogen-bond acceptors (Lipinski definition) is 3. The van der Waals surface area contributed by atoms with Crippen LogP contribution in [-0.4, -0.2) is 15.7 Å². The van der Waals surface area contributed by atoms with Gasteiger partial charge in [0.1, 0.15) is 5.69 Å². The number of carbonyl (C=O) groups excluding carboxylic acids is 1. The first-order valence-corrected chi connectivity index (χ1v) is 6.69. The molecule has 106 valence electrons. The van der Waals surface area contributed by atoms with Crippen molar-refractivity contribution in [2.24, 2.45) is 7.05 Å². The number of hydrogen-bond donors (Lipinski definition) is 2. The fourth-order valence-corrected chi connectivity index (χ4v) is 2.44. The van der Waals surface area contributed by atoms with Crippen molar-refractivity contribution in [3.05, 3.63) is 59.9 Å². The summed E-state index contributed by atoms with van der Waals surface area (Å²) in [6.45, 7) is 0.449. The zero-order valence-electron chi connectivity index (χ0n) is 11.7. The van der Waals surface area contributed by atoms with Gasteiger partial charge in [-0.25, -0.2) is 0 Å². The third-order valence-electron chi connectivity index (χ3n) is 3.50. The zero-order chi connectivity index (χ0) is 14.8. The number of aryl methyl sites for hydroxylation is 1. The molecule has 2 aromatic carbocycles. The highest BCUT2D eigenvalue weighted by molar-refractivity contribution is 5.97. The molecular weight excluding hydrogens is 264 g/mol. The van der Waals surface area contributed by atoms with E-state index in [-0.39, 0.29) is 5.91 Å². The van der Waals surface area contributed by atoms with Crippen molar-refractivity contribution >= 4 is 22.4 Å². The second-order valence-corrected chi connectivity index (χ2v) is 4.89. The van der Waals surface area contributed by atoms with Crippen LogP contribution in [0.5, 0.6) is 0 Å². The summed E-state index contributed by atoms with van der Waals surface area (Å²) in [4.78, 5) is 12.2. The summed E-state index contributed by atoms with van der Waals surface area (Å²) >= 11 is 0. The van der Waals surface area contributed by atoms with E-state index in [1.807, 2.05) is 24.3 Å². The SMILES string of the molecule is Cn1ncc(N)c1C(=O)NCc1cccc2ccccc12. The van der Waals surface area contributed by atoms with Gasteiger partial charge in [0.15, 0.2) is 0 Å². The first-order chi connectivity index (χ1) is 10.2. The lowest BCUT2D eigenvalue weighted by Gasteiger charge is -2.09. The molecule has 1 amide bonds. The molecule has 0 aliphatic carbocycles. The van der Waals surface area contributed by atoms with Crippen LogP contribution in [0.3, 0.4) is 0 Å². The monoisotopic (exact) mass is 280 g/mol. The fraction of sp³-hybridized carbons (Fsp3) is 0.125. The van der Waals surface area contributed by atoms with Gasteiger partial charge in [0.05, 0.1) is 11.9 Å². The molecule has 0 unspecified atom stereocenters. The number of fused-ring (bicyclic) bond motifs is 1. The summed E-state index contributed by atoms with van der Waals surface area (Å²) in [6, 6.07) is 14.2. The number of benzene rings is 2. The molecule has 0 atom stereocenters. The highest BCUT2D eigenvalue weighted by Crippen LogP contribution is 2.18. The molecule has 5 heteroatoms. The lowest BCUT2D eigenvalue weighted by atomic mass is 10.0. The number of anilines is 1. The predicted octanol–water partition coefficient (Wildman–Crippen LogP) is 2.09. The van der Waals surface area contributed by atoms with Gasteiger partial charge in [0, 0.05) is 13.6 Å². The summed E-state index contributed by atoms with van der Waals surface area (Å²) < 4.78 is 1.48. The molecule has 21 heavy (non-hydrogen) atoms. The highest BCUT2D eigenvalue weighted by atomic mass is 16.2. The third-order valence-corrected chi connectivity index (χ3v) is 3.50. The Kier molecular flexibility index (Phi) is 3.31. The zero-order valence-corrected chi connectivity index (χ0v) is 11.7. The second-order valence-electron chi connectivity index (χ2n) is 4.89. The lowest BCUT2D eigenvalue weighted by Crippen LogP contribution is -2.26. The van der Waals surface area contributed by atoms with Crippen molar-refractivity contribution in [3.63, 3.8) is 0 Å². The Labute approximate surface area is 122 Å². The van der Waals surface area contributed by atoms with Gasteiger partial charge >= 0.3 is 0 Å². The van der Waals surface area contributed by atoms with Crippen LogP contribution in [0.1, 0.15) is 16.1 Å². The molecule has 1 heterocycles. The Morgan fingerprint density at radius 3 is 2.76 bits per heavy atom. The van der Waals surface area contributed by atoms with Crippen molar-refractivity contribution in [2.75, 3.05) is 5.73 Å². The summed E-state index contributed by atoms with van der Waals surface area (Å²) in [5, 5.41) is 9.16. The molecule has 3 N–H and O–H groups in total. The number of carbonyl (C=O) groups is 1. The number of amides is 1. The smallest absolute Gasteiger partial charge is 0.271 e. The van der Waals surface area contributed by atoms with Gasteiger partial charge in [-0.3, -0.25) is 9.48 Å². The van der Waals surface area contributed by atoms with Gasteiger partial charge in [0.25, 0.3) is 5.91 Å². The second kappa shape index (κ2) is 5.28. The van der Waals surface area contributed by atoms with Gasteiger partial charge in [-0.05, 0) is 16.3 Å². The van der Waals surface area contributed by atoms with Gasteiger partial charge in [-0.15, -0.1) is 0 Å². The van der Waals surface area contributed by atoms with E-state index >= 15 is 0 Å². The molecule has 3 rings (SSSR count). The first-order valence-electron chi connectivity index (χ1n) is 6.69. The van der Waals surface area contributed by atoms with E-state index in [9.17, 15) is 4.79 Å². The summed E-state index contributed by atoms with van der Waals surface area (Å²) in [7, 11) is 1.70. The summed E-state index contributed by atoms with van der Waals surface area (Å²) in [5.74, 6) is -0.222. The first kappa shape index (κ1) is 13.2. The largest absolute Gasteiger partial charge is 0.396 e. The van der Waals surface area contributed by atoms with Crippen molar-refractivity contribution in [1.29, 1.82) is 0 Å². The number of rotatable bonds is 3. The van der Waals surface area contributed by atoms with E-state index in [1.54, 1.807) is 7.05 Å². The minimum absolute atomic E-state index is 0.222. The topological polar surface area (TPSA) is 72.9 Å². The molecule has 1 aromatic heterocycles. The molecule has 0 spiro atoms. The van der Waals surface area contributed by atoms with Crippen LogP contribution in [-0.2, 0) is 13.6 Å². The van der Waals surface area contributed by atoms with E-state index in [1.165, 1.54) is 10.9 Å². The Balaban J connectivity index is 1.83. The van der Waals surface area contributed by atoms with Crippen LogP contribution in [0.15, 0.2) is 48.7 Å². The highest BCUT2D eigenvalue weighted by Gasteiger charge is 2.14. The molecule has 0 aliphatic heterocycles. The fourth-order valence-electron chi connectivity index (χ4n) is 2.44. The molecular formula is C16H16N4O. The van der Waals surface area contributed by atoms with Crippen LogP contribution < -0.4 is 11.1 Å². The standard InChI is InChI=1S/C16H16N4O/c1-20-15(14(17)10-19-20)16(21)18-9-12-7-4-6-11-5-2-3-8-13(11)12/h2-8,10H,9,17H2,1H3,(H,18,21). The van der Waals surface area contributed by atoms with Gasteiger partial charge in [-0.1, -0.05) is 42.5 Å². The maximum absolute atomic E-state index is 12.2. The molecule has 0 fully saturated rings. The van der Waals surface area contributed by atoms with E-state index in [4.69, 9.17) is 5.73 Å². The summed E-state index contributed by atoms with van der Waals surface area (Å²) in [6.07, 6.45) is 1.48. The number of nitrogen functional groups attached to an aromatic ring is 1. The van der Waals surface area contributed by atoms with Crippen LogP contribution in [0.25, 0.3) is 10.8 Å². The Morgan fingerprint density at radius 1 is 1.24 bits per heavy atom. The van der Waals surface area contributed by atoms with E-state index in [0.29, 0.717) is 17.9 Å². The average molecular weight is 280 g/mol. The number of aromatic nitrogens is 2. The minimum atomic E-state index is -0.222. The minimum Gasteiger partial charge on any atom is -0.396 e. The van der Waals surface area contributed by atoms with Crippen molar-refractivity contribution in [3.8, 4) is 0 Å². The molecule has 0 bridgehead atoms. The molecule has 0 saturated carbocycles. The lowest BCUT2D eigenvalue weighted by molar-refractivity contribution is 0.0942. The van der Waals surface area contributed by atoms with Crippen LogP contribution in [0, 0.1) is 0 Å². The molecule has 0 saturated heterocycles. The number of nitrogens with one attached hydrogen (secondary N) is 1. The number of nitrogens with two attached hydrogens (primary N) is 1. The van der Waals surface area contributed by atoms with Gasteiger partial charge < -0.3 is 11.1 Å². The van der Waals surface area contributed by atoms with E-state index < -0.39 is 0 Å². The Hall–Kier alpha value is -2.82. The Morgan fingerprint density at radius 2 is 2.00 bits per heavy atom.